The Hall–Kier alpha value is -1.66. The second kappa shape index (κ2) is 6.82. The molecule has 0 aliphatic heterocycles. The summed E-state index contributed by atoms with van der Waals surface area (Å²) in [5.41, 5.74) is 5.10. The van der Waals surface area contributed by atoms with Crippen LogP contribution in [-0.4, -0.2) is 36.6 Å². The summed E-state index contributed by atoms with van der Waals surface area (Å²) < 4.78 is 4.87. The molecule has 0 fully saturated rings. The molecule has 17 heavy (non-hydrogen) atoms. The fraction of sp³-hybridized carbons (Fsp3) is 0.300. The van der Waals surface area contributed by atoms with Crippen LogP contribution in [0.2, 0.25) is 5.02 Å². The Balaban J connectivity index is 2.28. The van der Waals surface area contributed by atoms with E-state index in [0.717, 1.165) is 0 Å². The van der Waals surface area contributed by atoms with Crippen molar-refractivity contribution >= 4 is 23.4 Å². The molecule has 2 amide bonds. The Bertz CT molecular complexity index is 412. The van der Waals surface area contributed by atoms with Gasteiger partial charge >= 0.3 is 0 Å². The summed E-state index contributed by atoms with van der Waals surface area (Å²) in [5.74, 6) is -0.900. The zero-order valence-corrected chi connectivity index (χ0v) is 9.74. The molecule has 0 aliphatic carbocycles. The fourth-order valence-electron chi connectivity index (χ4n) is 1.03. The van der Waals surface area contributed by atoms with E-state index in [4.69, 9.17) is 22.1 Å². The Morgan fingerprint density at radius 1 is 1.53 bits per heavy atom. The number of rotatable bonds is 6. The molecule has 1 rings (SSSR count). The normalized spacial score (nSPS) is 9.94. The van der Waals surface area contributed by atoms with Crippen molar-refractivity contribution in [3.8, 4) is 0 Å². The highest BCUT2D eigenvalue weighted by Crippen LogP contribution is 2.07. The molecule has 0 aliphatic rings. The van der Waals surface area contributed by atoms with Crippen LogP contribution < -0.4 is 11.1 Å². The van der Waals surface area contributed by atoms with E-state index >= 15 is 0 Å². The summed E-state index contributed by atoms with van der Waals surface area (Å²) >= 11 is 5.71. The summed E-state index contributed by atoms with van der Waals surface area (Å²) in [5, 5.41) is 3.00. The maximum atomic E-state index is 11.5. The SMILES string of the molecule is NC(=O)COCCNC(=O)c1cc(Cl)ccn1. The Morgan fingerprint density at radius 2 is 2.29 bits per heavy atom. The molecule has 1 aromatic rings. The lowest BCUT2D eigenvalue weighted by molar-refractivity contribution is -0.122. The first-order valence-electron chi connectivity index (χ1n) is 4.85. The second-order valence-electron chi connectivity index (χ2n) is 3.13. The van der Waals surface area contributed by atoms with Crippen molar-refractivity contribution < 1.29 is 14.3 Å². The Morgan fingerprint density at radius 3 is 2.94 bits per heavy atom. The minimum atomic E-state index is -0.548. The van der Waals surface area contributed by atoms with Gasteiger partial charge in [-0.25, -0.2) is 0 Å². The van der Waals surface area contributed by atoms with E-state index in [-0.39, 0.29) is 31.4 Å². The monoisotopic (exact) mass is 257 g/mol. The van der Waals surface area contributed by atoms with Gasteiger partial charge in [0.25, 0.3) is 5.91 Å². The van der Waals surface area contributed by atoms with Gasteiger partial charge in [-0.15, -0.1) is 0 Å². The van der Waals surface area contributed by atoms with Gasteiger partial charge in [-0.2, -0.15) is 0 Å². The minimum absolute atomic E-state index is 0.161. The maximum Gasteiger partial charge on any atom is 0.270 e. The molecule has 0 bridgehead atoms. The summed E-state index contributed by atoms with van der Waals surface area (Å²) in [6, 6.07) is 3.04. The van der Waals surface area contributed by atoms with Crippen molar-refractivity contribution in [3.63, 3.8) is 0 Å². The van der Waals surface area contributed by atoms with E-state index in [1.54, 1.807) is 6.07 Å². The number of halogens is 1. The predicted octanol–water partition coefficient (Wildman–Crippen LogP) is -0.0333. The highest BCUT2D eigenvalue weighted by molar-refractivity contribution is 6.30. The number of nitrogens with two attached hydrogens (primary N) is 1. The molecule has 0 saturated carbocycles. The smallest absolute Gasteiger partial charge is 0.270 e. The molecule has 92 valence electrons. The molecule has 1 aromatic heterocycles. The van der Waals surface area contributed by atoms with E-state index in [2.05, 4.69) is 10.3 Å². The van der Waals surface area contributed by atoms with E-state index < -0.39 is 5.91 Å². The van der Waals surface area contributed by atoms with E-state index in [9.17, 15) is 9.59 Å². The highest BCUT2D eigenvalue weighted by atomic mass is 35.5. The van der Waals surface area contributed by atoms with Gasteiger partial charge in [-0.3, -0.25) is 14.6 Å². The van der Waals surface area contributed by atoms with Crippen LogP contribution in [0.25, 0.3) is 0 Å². The van der Waals surface area contributed by atoms with Crippen molar-refractivity contribution in [2.75, 3.05) is 19.8 Å². The molecule has 0 saturated heterocycles. The Kier molecular flexibility index (Phi) is 5.38. The predicted molar refractivity (Wildman–Crippen MR) is 61.6 cm³/mol. The van der Waals surface area contributed by atoms with Gasteiger partial charge in [-0.1, -0.05) is 11.6 Å². The zero-order chi connectivity index (χ0) is 12.7. The fourth-order valence-corrected chi connectivity index (χ4v) is 1.19. The number of pyridine rings is 1. The molecule has 0 unspecified atom stereocenters. The van der Waals surface area contributed by atoms with Crippen LogP contribution in [0.5, 0.6) is 0 Å². The number of aromatic nitrogens is 1. The van der Waals surface area contributed by atoms with Gasteiger partial charge in [0.1, 0.15) is 12.3 Å². The largest absolute Gasteiger partial charge is 0.370 e. The van der Waals surface area contributed by atoms with Gasteiger partial charge in [0, 0.05) is 17.8 Å². The van der Waals surface area contributed by atoms with Crippen molar-refractivity contribution in [1.82, 2.24) is 10.3 Å². The molecule has 0 atom stereocenters. The van der Waals surface area contributed by atoms with Crippen LogP contribution in [-0.2, 0) is 9.53 Å². The number of hydrogen-bond donors (Lipinski definition) is 2. The number of ether oxygens (including phenoxy) is 1. The number of nitrogens with zero attached hydrogens (tertiary/aromatic N) is 1. The average Bonchev–Trinajstić information content (AvgIpc) is 2.28. The van der Waals surface area contributed by atoms with Crippen LogP contribution in [0.4, 0.5) is 0 Å². The molecule has 3 N–H and O–H groups in total. The molecule has 0 radical (unpaired) electrons. The number of nitrogens with one attached hydrogen (secondary N) is 1. The third kappa shape index (κ3) is 5.28. The Labute approximate surface area is 103 Å². The summed E-state index contributed by atoms with van der Waals surface area (Å²) in [6.07, 6.45) is 1.45. The molecule has 6 nitrogen and oxygen atoms in total. The molecule has 0 spiro atoms. The summed E-state index contributed by atoms with van der Waals surface area (Å²) in [4.78, 5) is 25.7. The number of amides is 2. The van der Waals surface area contributed by atoms with Gasteiger partial charge in [-0.05, 0) is 12.1 Å². The topological polar surface area (TPSA) is 94.3 Å². The summed E-state index contributed by atoms with van der Waals surface area (Å²) in [7, 11) is 0. The molecule has 1 heterocycles. The van der Waals surface area contributed by atoms with Gasteiger partial charge < -0.3 is 15.8 Å². The maximum absolute atomic E-state index is 11.5. The van der Waals surface area contributed by atoms with Gasteiger partial charge in [0.05, 0.1) is 6.61 Å². The third-order valence-electron chi connectivity index (χ3n) is 1.73. The number of carbonyl (C=O) groups excluding carboxylic acids is 2. The van der Waals surface area contributed by atoms with E-state index in [0.29, 0.717) is 5.02 Å². The van der Waals surface area contributed by atoms with Crippen molar-refractivity contribution in [2.24, 2.45) is 5.73 Å². The van der Waals surface area contributed by atoms with Crippen LogP contribution in [0.3, 0.4) is 0 Å². The van der Waals surface area contributed by atoms with E-state index in [1.807, 2.05) is 0 Å². The quantitative estimate of drug-likeness (QED) is 0.700. The minimum Gasteiger partial charge on any atom is -0.370 e. The first-order valence-corrected chi connectivity index (χ1v) is 5.23. The lowest BCUT2D eigenvalue weighted by Gasteiger charge is -2.04. The first kappa shape index (κ1) is 13.4. The van der Waals surface area contributed by atoms with Gasteiger partial charge in [0.15, 0.2) is 0 Å². The molecular formula is C10H12ClN3O3. The highest BCUT2D eigenvalue weighted by Gasteiger charge is 2.06. The lowest BCUT2D eigenvalue weighted by Crippen LogP contribution is -2.29. The van der Waals surface area contributed by atoms with E-state index in [1.165, 1.54) is 12.3 Å². The zero-order valence-electron chi connectivity index (χ0n) is 8.98. The first-order chi connectivity index (χ1) is 8.09. The summed E-state index contributed by atoms with van der Waals surface area (Å²) in [6.45, 7) is 0.306. The number of hydrogen-bond acceptors (Lipinski definition) is 4. The van der Waals surface area contributed by atoms with Crippen LogP contribution in [0.1, 0.15) is 10.5 Å². The van der Waals surface area contributed by atoms with Crippen molar-refractivity contribution in [2.45, 2.75) is 0 Å². The molecule has 7 heteroatoms. The number of primary amides is 1. The molecular weight excluding hydrogens is 246 g/mol. The van der Waals surface area contributed by atoms with Crippen LogP contribution in [0.15, 0.2) is 18.3 Å². The van der Waals surface area contributed by atoms with Crippen LogP contribution >= 0.6 is 11.6 Å². The van der Waals surface area contributed by atoms with Crippen molar-refractivity contribution in [1.29, 1.82) is 0 Å². The molecule has 0 aromatic carbocycles. The lowest BCUT2D eigenvalue weighted by atomic mass is 10.3. The van der Waals surface area contributed by atoms with Crippen molar-refractivity contribution in [3.05, 3.63) is 29.0 Å². The average molecular weight is 258 g/mol. The van der Waals surface area contributed by atoms with Gasteiger partial charge in [0.2, 0.25) is 5.91 Å². The third-order valence-corrected chi connectivity index (χ3v) is 1.97. The standard InChI is InChI=1S/C10H12ClN3O3/c11-7-1-2-13-8(5-7)10(16)14-3-4-17-6-9(12)15/h1-2,5H,3-4,6H2,(H2,12,15)(H,14,16). The second-order valence-corrected chi connectivity index (χ2v) is 3.57. The van der Waals surface area contributed by atoms with Crippen LogP contribution in [0, 0.1) is 0 Å². The number of carbonyl (C=O) groups is 2.